The Morgan fingerprint density at radius 3 is 2.58 bits per heavy atom. The van der Waals surface area contributed by atoms with Crippen LogP contribution in [0.3, 0.4) is 0 Å². The first-order valence-electron chi connectivity index (χ1n) is 6.84. The summed E-state index contributed by atoms with van der Waals surface area (Å²) in [6, 6.07) is 7.37. The number of piperidine rings is 2. The van der Waals surface area contributed by atoms with Gasteiger partial charge in [0.15, 0.2) is 0 Å². The first-order chi connectivity index (χ1) is 9.13. The second-order valence-electron chi connectivity index (χ2n) is 5.65. The average molecular weight is 261 g/mol. The lowest BCUT2D eigenvalue weighted by molar-refractivity contribution is -0.0246. The zero-order valence-corrected chi connectivity index (χ0v) is 11.1. The molecule has 0 aromatic heterocycles. The van der Waals surface area contributed by atoms with Gasteiger partial charge in [-0.1, -0.05) is 0 Å². The monoisotopic (exact) mass is 261 g/mol. The number of carboxylic acids is 1. The molecule has 102 valence electrons. The Bertz CT molecular complexity index is 471. The minimum absolute atomic E-state index is 0.283. The van der Waals surface area contributed by atoms with E-state index < -0.39 is 5.97 Å². The highest BCUT2D eigenvalue weighted by molar-refractivity contribution is 5.87. The van der Waals surface area contributed by atoms with Crippen molar-refractivity contribution in [3.8, 4) is 5.75 Å². The molecule has 0 radical (unpaired) electrons. The molecule has 4 rings (SSSR count). The topological polar surface area (TPSA) is 49.8 Å². The maximum Gasteiger partial charge on any atom is 0.335 e. The predicted molar refractivity (Wildman–Crippen MR) is 71.6 cm³/mol. The van der Waals surface area contributed by atoms with Gasteiger partial charge >= 0.3 is 5.97 Å². The molecule has 1 aromatic rings. The second-order valence-corrected chi connectivity index (χ2v) is 5.65. The molecule has 3 aliphatic rings. The van der Waals surface area contributed by atoms with E-state index in [1.54, 1.807) is 24.3 Å². The molecule has 4 heteroatoms. The lowest BCUT2D eigenvalue weighted by Gasteiger charge is -2.47. The van der Waals surface area contributed by atoms with Crippen LogP contribution in [-0.2, 0) is 0 Å². The molecule has 1 aromatic carbocycles. The fourth-order valence-corrected chi connectivity index (χ4v) is 3.29. The van der Waals surface area contributed by atoms with Gasteiger partial charge in [0.05, 0.1) is 5.56 Å². The predicted octanol–water partition coefficient (Wildman–Crippen LogP) is 2.25. The van der Waals surface area contributed by atoms with Crippen LogP contribution in [0.5, 0.6) is 5.75 Å². The van der Waals surface area contributed by atoms with Crippen molar-refractivity contribution in [2.24, 2.45) is 5.92 Å². The molecule has 3 atom stereocenters. The molecule has 0 spiro atoms. The summed E-state index contributed by atoms with van der Waals surface area (Å²) >= 11 is 0. The Labute approximate surface area is 113 Å². The van der Waals surface area contributed by atoms with E-state index in [2.05, 4.69) is 11.9 Å². The van der Waals surface area contributed by atoms with E-state index in [0.717, 1.165) is 18.7 Å². The number of ether oxygens (including phenoxy) is 1. The molecule has 19 heavy (non-hydrogen) atoms. The van der Waals surface area contributed by atoms with Gasteiger partial charge < -0.3 is 14.7 Å². The van der Waals surface area contributed by atoms with Gasteiger partial charge in [0.2, 0.25) is 0 Å². The molecular formula is C15H19NO3. The van der Waals surface area contributed by atoms with Crippen LogP contribution >= 0.6 is 0 Å². The summed E-state index contributed by atoms with van der Waals surface area (Å²) in [7, 11) is 2.19. The third-order valence-electron chi connectivity index (χ3n) is 4.44. The highest BCUT2D eigenvalue weighted by Crippen LogP contribution is 2.36. The molecule has 2 saturated heterocycles. The number of hydrogen-bond donors (Lipinski definition) is 1. The third-order valence-corrected chi connectivity index (χ3v) is 4.44. The molecule has 4 nitrogen and oxygen atoms in total. The SMILES string of the molecule is CN1CC2CCC1C[C@H]2Oc1ccc(C(=O)O)cc1. The molecular weight excluding hydrogens is 242 g/mol. The van der Waals surface area contributed by atoms with Crippen molar-refractivity contribution in [2.75, 3.05) is 13.6 Å². The van der Waals surface area contributed by atoms with E-state index >= 15 is 0 Å². The Morgan fingerprint density at radius 2 is 2.05 bits per heavy atom. The minimum atomic E-state index is -0.898. The van der Waals surface area contributed by atoms with Gasteiger partial charge in [0, 0.05) is 24.9 Å². The molecule has 0 amide bonds. The summed E-state index contributed by atoms with van der Waals surface area (Å²) < 4.78 is 6.05. The van der Waals surface area contributed by atoms with Gasteiger partial charge in [-0.3, -0.25) is 0 Å². The minimum Gasteiger partial charge on any atom is -0.490 e. The number of carboxylic acid groups (broad SMARTS) is 1. The molecule has 1 saturated carbocycles. The number of carbonyl (C=O) groups is 1. The fourth-order valence-electron chi connectivity index (χ4n) is 3.29. The molecule has 1 N–H and O–H groups in total. The molecule has 2 heterocycles. The van der Waals surface area contributed by atoms with Crippen LogP contribution in [0.2, 0.25) is 0 Å². The number of fused-ring (bicyclic) bond motifs is 3. The Kier molecular flexibility index (Phi) is 3.19. The van der Waals surface area contributed by atoms with Crippen molar-refractivity contribution >= 4 is 5.97 Å². The number of benzene rings is 1. The van der Waals surface area contributed by atoms with Crippen molar-refractivity contribution in [3.05, 3.63) is 29.8 Å². The first kappa shape index (κ1) is 12.5. The molecule has 3 fully saturated rings. The summed E-state index contributed by atoms with van der Waals surface area (Å²) in [5.41, 5.74) is 0.303. The first-order valence-corrected chi connectivity index (χ1v) is 6.84. The quantitative estimate of drug-likeness (QED) is 0.906. The standard InChI is InChI=1S/C15H19NO3/c1-16-9-11-2-5-12(16)8-14(11)19-13-6-3-10(4-7-13)15(17)18/h3-4,6-7,11-12,14H,2,5,8-9H2,1H3,(H,17,18)/t11?,12?,14-/m1/s1. The zero-order valence-electron chi connectivity index (χ0n) is 11.1. The van der Waals surface area contributed by atoms with Crippen molar-refractivity contribution < 1.29 is 14.6 Å². The maximum atomic E-state index is 10.8. The summed E-state index contributed by atoms with van der Waals surface area (Å²) in [5, 5.41) is 8.87. The van der Waals surface area contributed by atoms with Crippen LogP contribution in [0.4, 0.5) is 0 Å². The third kappa shape index (κ3) is 2.45. The lowest BCUT2D eigenvalue weighted by atomic mass is 9.78. The smallest absolute Gasteiger partial charge is 0.335 e. The maximum absolute atomic E-state index is 10.8. The summed E-state index contributed by atoms with van der Waals surface area (Å²) in [6.45, 7) is 1.11. The van der Waals surface area contributed by atoms with E-state index in [-0.39, 0.29) is 6.10 Å². The van der Waals surface area contributed by atoms with E-state index in [9.17, 15) is 4.79 Å². The van der Waals surface area contributed by atoms with Crippen LogP contribution in [0.1, 0.15) is 29.6 Å². The largest absolute Gasteiger partial charge is 0.490 e. The summed E-state index contributed by atoms with van der Waals surface area (Å²) in [4.78, 5) is 13.2. The highest BCUT2D eigenvalue weighted by Gasteiger charge is 2.39. The van der Waals surface area contributed by atoms with E-state index in [1.807, 2.05) is 0 Å². The highest BCUT2D eigenvalue weighted by atomic mass is 16.5. The van der Waals surface area contributed by atoms with Crippen LogP contribution in [-0.4, -0.2) is 41.7 Å². The van der Waals surface area contributed by atoms with Crippen LogP contribution < -0.4 is 4.74 Å². The molecule has 2 unspecified atom stereocenters. The van der Waals surface area contributed by atoms with E-state index in [4.69, 9.17) is 9.84 Å². The number of aromatic carboxylic acids is 1. The van der Waals surface area contributed by atoms with Gasteiger partial charge in [-0.15, -0.1) is 0 Å². The van der Waals surface area contributed by atoms with Gasteiger partial charge in [-0.05, 0) is 44.2 Å². The Morgan fingerprint density at radius 1 is 1.32 bits per heavy atom. The second kappa shape index (κ2) is 4.85. The van der Waals surface area contributed by atoms with Crippen molar-refractivity contribution in [1.29, 1.82) is 0 Å². The van der Waals surface area contributed by atoms with Crippen molar-refractivity contribution in [1.82, 2.24) is 4.90 Å². The normalized spacial score (nSPS) is 30.3. The van der Waals surface area contributed by atoms with Gasteiger partial charge in [-0.25, -0.2) is 4.79 Å². The number of hydrogen-bond acceptors (Lipinski definition) is 3. The number of rotatable bonds is 3. The summed E-state index contributed by atoms with van der Waals surface area (Å²) in [5.74, 6) is 0.490. The van der Waals surface area contributed by atoms with Gasteiger partial charge in [0.1, 0.15) is 11.9 Å². The van der Waals surface area contributed by atoms with E-state index in [1.165, 1.54) is 12.8 Å². The molecule has 2 bridgehead atoms. The molecule has 1 aliphatic carbocycles. The zero-order chi connectivity index (χ0) is 13.4. The van der Waals surface area contributed by atoms with Crippen LogP contribution in [0.25, 0.3) is 0 Å². The van der Waals surface area contributed by atoms with Gasteiger partial charge in [0.25, 0.3) is 0 Å². The van der Waals surface area contributed by atoms with Crippen molar-refractivity contribution in [2.45, 2.75) is 31.4 Å². The Balaban J connectivity index is 1.67. The fraction of sp³-hybridized carbons (Fsp3) is 0.533. The van der Waals surface area contributed by atoms with Gasteiger partial charge in [-0.2, -0.15) is 0 Å². The molecule has 2 aliphatic heterocycles. The van der Waals surface area contributed by atoms with Crippen LogP contribution in [0.15, 0.2) is 24.3 Å². The van der Waals surface area contributed by atoms with Crippen molar-refractivity contribution in [3.63, 3.8) is 0 Å². The average Bonchev–Trinajstić information content (AvgIpc) is 2.41. The van der Waals surface area contributed by atoms with Crippen LogP contribution in [0, 0.1) is 5.92 Å². The Hall–Kier alpha value is -1.55. The van der Waals surface area contributed by atoms with E-state index in [0.29, 0.717) is 17.5 Å². The number of nitrogens with zero attached hydrogens (tertiary/aromatic N) is 1. The lowest BCUT2D eigenvalue weighted by Crippen LogP contribution is -2.53. The summed E-state index contributed by atoms with van der Waals surface area (Å²) in [6.07, 6.45) is 3.89.